The van der Waals surface area contributed by atoms with E-state index in [2.05, 4.69) is 41.7 Å². The number of nitrogens with one attached hydrogen (secondary N) is 1. The number of aliphatic carboxylic acids is 1. The van der Waals surface area contributed by atoms with Gasteiger partial charge in [-0.15, -0.1) is 0 Å². The fourth-order valence-electron chi connectivity index (χ4n) is 6.22. The number of benzene rings is 6. The largest absolute Gasteiger partial charge is 0.493 e. The number of ether oxygens (including phenoxy) is 2. The Morgan fingerprint density at radius 2 is 1.17 bits per heavy atom. The number of carbonyl (C=O) groups excluding carboxylic acids is 1. The van der Waals surface area contributed by atoms with Gasteiger partial charge in [-0.1, -0.05) is 127 Å². The molecule has 0 heterocycles. The van der Waals surface area contributed by atoms with Crippen molar-refractivity contribution in [1.29, 1.82) is 0 Å². The van der Waals surface area contributed by atoms with Gasteiger partial charge >= 0.3 is 5.97 Å². The number of carboxylic acids is 1. The zero-order chi connectivity index (χ0) is 32.6. The van der Waals surface area contributed by atoms with Crippen molar-refractivity contribution in [2.45, 2.75) is 31.9 Å². The lowest BCUT2D eigenvalue weighted by molar-refractivity contribution is -0.142. The number of methoxy groups -OCH3 is 1. The van der Waals surface area contributed by atoms with E-state index in [0.29, 0.717) is 29.9 Å². The third kappa shape index (κ3) is 7.45. The highest BCUT2D eigenvalue weighted by Gasteiger charge is 2.28. The Morgan fingerprint density at radius 3 is 1.77 bits per heavy atom. The average Bonchev–Trinajstić information content (AvgIpc) is 3.11. The van der Waals surface area contributed by atoms with Crippen molar-refractivity contribution in [3.05, 3.63) is 156 Å². The first-order valence-electron chi connectivity index (χ1n) is 15.8. The summed E-state index contributed by atoms with van der Waals surface area (Å²) in [5.74, 6) is -0.995. The summed E-state index contributed by atoms with van der Waals surface area (Å²) in [6.45, 7) is 0.288. The van der Waals surface area contributed by atoms with Crippen molar-refractivity contribution in [3.63, 3.8) is 0 Å². The van der Waals surface area contributed by atoms with Crippen molar-refractivity contribution in [1.82, 2.24) is 5.32 Å². The van der Waals surface area contributed by atoms with Gasteiger partial charge in [0.15, 0.2) is 11.5 Å². The minimum absolute atomic E-state index is 0.0254. The second-order valence-electron chi connectivity index (χ2n) is 11.7. The number of rotatable bonds is 13. The number of para-hydroxylation sites is 1. The maximum Gasteiger partial charge on any atom is 0.326 e. The van der Waals surface area contributed by atoms with E-state index in [1.165, 1.54) is 0 Å². The summed E-state index contributed by atoms with van der Waals surface area (Å²) in [6, 6.07) is 42.4. The van der Waals surface area contributed by atoms with Gasteiger partial charge in [-0.05, 0) is 57.1 Å². The van der Waals surface area contributed by atoms with Gasteiger partial charge in [-0.3, -0.25) is 4.79 Å². The monoisotopic (exact) mass is 623 g/mol. The number of amides is 1. The number of carbonyl (C=O) groups is 2. The third-order valence-electron chi connectivity index (χ3n) is 8.61. The van der Waals surface area contributed by atoms with Crippen LogP contribution in [-0.4, -0.2) is 30.1 Å². The van der Waals surface area contributed by atoms with Crippen molar-refractivity contribution >= 4 is 33.4 Å². The zero-order valence-corrected chi connectivity index (χ0v) is 26.3. The molecule has 0 unspecified atom stereocenters. The second-order valence-corrected chi connectivity index (χ2v) is 11.7. The number of hydrogen-bond acceptors (Lipinski definition) is 4. The third-order valence-corrected chi connectivity index (χ3v) is 8.61. The molecule has 236 valence electrons. The van der Waals surface area contributed by atoms with Crippen LogP contribution in [0.2, 0.25) is 0 Å². The Hall–Kier alpha value is -5.62. The highest BCUT2D eigenvalue weighted by Crippen LogP contribution is 2.33. The predicted octanol–water partition coefficient (Wildman–Crippen LogP) is 7.79. The summed E-state index contributed by atoms with van der Waals surface area (Å²) in [5.41, 5.74) is 3.68. The minimum Gasteiger partial charge on any atom is -0.493 e. The van der Waals surface area contributed by atoms with E-state index < -0.39 is 17.9 Å². The van der Waals surface area contributed by atoms with Crippen LogP contribution in [0, 0.1) is 5.92 Å². The Kier molecular flexibility index (Phi) is 9.78. The SMILES string of the molecule is COc1cccc(C[C@@H](NC(=O)C(Cc2cccc3ccccc23)Cc2cccc3ccccc23)C(=O)O)c1OCc1ccccc1. The van der Waals surface area contributed by atoms with E-state index in [0.717, 1.165) is 38.2 Å². The summed E-state index contributed by atoms with van der Waals surface area (Å²) < 4.78 is 11.8. The normalized spacial score (nSPS) is 11.8. The topological polar surface area (TPSA) is 84.9 Å². The summed E-state index contributed by atoms with van der Waals surface area (Å²) in [4.78, 5) is 26.9. The van der Waals surface area contributed by atoms with Gasteiger partial charge in [0.2, 0.25) is 5.91 Å². The van der Waals surface area contributed by atoms with Crippen molar-refractivity contribution in [3.8, 4) is 11.5 Å². The molecule has 0 bridgehead atoms. The van der Waals surface area contributed by atoms with E-state index >= 15 is 0 Å². The average molecular weight is 624 g/mol. The van der Waals surface area contributed by atoms with Crippen LogP contribution in [0.4, 0.5) is 0 Å². The minimum atomic E-state index is -1.18. The van der Waals surface area contributed by atoms with Gasteiger partial charge in [-0.2, -0.15) is 0 Å². The Morgan fingerprint density at radius 1 is 0.638 bits per heavy atom. The maximum absolute atomic E-state index is 14.2. The van der Waals surface area contributed by atoms with Crippen LogP contribution in [0.25, 0.3) is 21.5 Å². The number of carboxylic acid groups (broad SMARTS) is 1. The molecule has 1 amide bonds. The zero-order valence-electron chi connectivity index (χ0n) is 26.3. The molecule has 1 atom stereocenters. The van der Waals surface area contributed by atoms with E-state index in [1.807, 2.05) is 84.9 Å². The van der Waals surface area contributed by atoms with Crippen LogP contribution in [0.15, 0.2) is 133 Å². The van der Waals surface area contributed by atoms with Crippen molar-refractivity contribution in [2.24, 2.45) is 5.92 Å². The molecule has 0 spiro atoms. The molecular weight excluding hydrogens is 586 g/mol. The summed E-state index contributed by atoms with van der Waals surface area (Å²) in [7, 11) is 1.55. The molecule has 0 aliphatic heterocycles. The molecule has 6 nitrogen and oxygen atoms in total. The second kappa shape index (κ2) is 14.6. The smallest absolute Gasteiger partial charge is 0.326 e. The highest BCUT2D eigenvalue weighted by molar-refractivity contribution is 5.90. The molecule has 2 N–H and O–H groups in total. The number of fused-ring (bicyclic) bond motifs is 2. The van der Waals surface area contributed by atoms with E-state index in [1.54, 1.807) is 19.2 Å². The Labute approximate surface area is 274 Å². The van der Waals surface area contributed by atoms with Crippen LogP contribution in [0.3, 0.4) is 0 Å². The van der Waals surface area contributed by atoms with Gasteiger partial charge < -0.3 is 19.9 Å². The van der Waals surface area contributed by atoms with Crippen LogP contribution in [-0.2, 0) is 35.5 Å². The van der Waals surface area contributed by atoms with Gasteiger partial charge in [-0.25, -0.2) is 4.79 Å². The Bertz CT molecular complexity index is 1910. The van der Waals surface area contributed by atoms with Gasteiger partial charge in [0, 0.05) is 17.9 Å². The molecule has 6 heteroatoms. The maximum atomic E-state index is 14.2. The van der Waals surface area contributed by atoms with E-state index in [9.17, 15) is 14.7 Å². The Balaban J connectivity index is 1.29. The molecule has 0 saturated heterocycles. The van der Waals surface area contributed by atoms with E-state index in [-0.39, 0.29) is 18.9 Å². The first kappa shape index (κ1) is 31.4. The molecule has 0 aliphatic rings. The first-order valence-corrected chi connectivity index (χ1v) is 15.8. The van der Waals surface area contributed by atoms with Crippen molar-refractivity contribution < 1.29 is 24.2 Å². The van der Waals surface area contributed by atoms with Crippen molar-refractivity contribution in [2.75, 3.05) is 7.11 Å². The molecule has 6 rings (SSSR count). The van der Waals surface area contributed by atoms with E-state index in [4.69, 9.17) is 9.47 Å². The van der Waals surface area contributed by atoms with Crippen LogP contribution in [0.1, 0.15) is 22.3 Å². The van der Waals surface area contributed by atoms with Gasteiger partial charge in [0.1, 0.15) is 12.6 Å². The lowest BCUT2D eigenvalue weighted by Crippen LogP contribution is -2.46. The molecule has 0 radical (unpaired) electrons. The molecule has 0 aliphatic carbocycles. The number of hydrogen-bond donors (Lipinski definition) is 2. The molecule has 6 aromatic rings. The molecule has 0 fully saturated rings. The lowest BCUT2D eigenvalue weighted by atomic mass is 9.87. The molecule has 0 saturated carbocycles. The molecule has 6 aromatic carbocycles. The quantitative estimate of drug-likeness (QED) is 0.137. The fraction of sp³-hybridized carbons (Fsp3) is 0.171. The predicted molar refractivity (Wildman–Crippen MR) is 186 cm³/mol. The summed E-state index contributed by atoms with van der Waals surface area (Å²) in [6.07, 6.45) is 0.929. The summed E-state index contributed by atoms with van der Waals surface area (Å²) in [5, 5.41) is 17.6. The molecule has 0 aromatic heterocycles. The summed E-state index contributed by atoms with van der Waals surface area (Å²) >= 11 is 0. The first-order chi connectivity index (χ1) is 23.0. The molecular formula is C41H37NO5. The van der Waals surface area contributed by atoms with Crippen LogP contribution in [0.5, 0.6) is 11.5 Å². The lowest BCUT2D eigenvalue weighted by Gasteiger charge is -2.23. The fourth-order valence-corrected chi connectivity index (χ4v) is 6.22. The van der Waals surface area contributed by atoms with Crippen LogP contribution < -0.4 is 14.8 Å². The standard InChI is InChI=1S/C41H37NO5/c1-46-38-23-11-20-33(39(38)47-27-28-12-3-2-4-13-28)26-37(41(44)45)42-40(43)34(24-31-18-9-16-29-14-5-7-21-35(29)31)25-32-19-10-17-30-15-6-8-22-36(30)32/h2-23,34,37H,24-27H2,1H3,(H,42,43)(H,44,45)/t37-/m1/s1. The highest BCUT2D eigenvalue weighted by atomic mass is 16.5. The van der Waals surface area contributed by atoms with Crippen LogP contribution >= 0.6 is 0 Å². The molecule has 47 heavy (non-hydrogen) atoms. The van der Waals surface area contributed by atoms with Gasteiger partial charge in [0.05, 0.1) is 7.11 Å². The van der Waals surface area contributed by atoms with Gasteiger partial charge in [0.25, 0.3) is 0 Å².